The summed E-state index contributed by atoms with van der Waals surface area (Å²) in [6, 6.07) is 22.3. The van der Waals surface area contributed by atoms with Crippen molar-refractivity contribution in [3.05, 3.63) is 96.3 Å². The molecule has 2 N–H and O–H groups in total. The number of carbonyl (C=O) groups excluding carboxylic acids is 2. The monoisotopic (exact) mass is 668 g/mol. The lowest BCUT2D eigenvalue weighted by Crippen LogP contribution is -2.37. The number of nitrogens with one attached hydrogen (secondary N) is 2. The number of urea groups is 1. The van der Waals surface area contributed by atoms with Crippen LogP contribution in [0.5, 0.6) is 0 Å². The highest BCUT2D eigenvalue weighted by molar-refractivity contribution is 7.90. The number of fused-ring (bicyclic) bond motifs is 1. The van der Waals surface area contributed by atoms with Gasteiger partial charge in [0.2, 0.25) is 0 Å². The van der Waals surface area contributed by atoms with Crippen LogP contribution in [0.2, 0.25) is 0 Å². The van der Waals surface area contributed by atoms with Gasteiger partial charge in [0.1, 0.15) is 11.6 Å². The number of ether oxygens (including phenoxy) is 1. The first-order chi connectivity index (χ1) is 23.0. The molecule has 48 heavy (non-hydrogen) atoms. The number of benzene rings is 4. The van der Waals surface area contributed by atoms with Gasteiger partial charge in [0.05, 0.1) is 23.6 Å². The molecule has 2 heterocycles. The SMILES string of the molecule is CN(C)C(=O)c1ccc(NC(=O)Nc2ccc(-c3nc(N4CCOCC4)c4cc(F)c(-c5cccc(S(C)(=O)=O)c5)cc4n3)cc2)cc1. The van der Waals surface area contributed by atoms with E-state index in [0.29, 0.717) is 76.9 Å². The van der Waals surface area contributed by atoms with Crippen LogP contribution in [0.4, 0.5) is 26.4 Å². The minimum Gasteiger partial charge on any atom is -0.378 e. The van der Waals surface area contributed by atoms with Crippen LogP contribution >= 0.6 is 0 Å². The Hall–Kier alpha value is -5.40. The van der Waals surface area contributed by atoms with E-state index < -0.39 is 21.7 Å². The molecular formula is C35H33FN6O5S. The van der Waals surface area contributed by atoms with Gasteiger partial charge in [-0.1, -0.05) is 12.1 Å². The van der Waals surface area contributed by atoms with E-state index in [1.165, 1.54) is 23.1 Å². The molecule has 13 heteroatoms. The maximum atomic E-state index is 15.7. The van der Waals surface area contributed by atoms with Crippen LogP contribution in [0.1, 0.15) is 10.4 Å². The highest BCUT2D eigenvalue weighted by Crippen LogP contribution is 2.34. The molecule has 1 aliphatic rings. The van der Waals surface area contributed by atoms with Crippen LogP contribution in [0.3, 0.4) is 0 Å². The van der Waals surface area contributed by atoms with E-state index in [9.17, 15) is 18.0 Å². The number of halogens is 1. The summed E-state index contributed by atoms with van der Waals surface area (Å²) in [6.45, 7) is 2.14. The summed E-state index contributed by atoms with van der Waals surface area (Å²) in [4.78, 5) is 38.0. The van der Waals surface area contributed by atoms with Crippen molar-refractivity contribution < 1.29 is 27.1 Å². The third-order valence-corrected chi connectivity index (χ3v) is 8.96. The molecule has 0 radical (unpaired) electrons. The first kappa shape index (κ1) is 32.5. The molecule has 0 atom stereocenters. The van der Waals surface area contributed by atoms with Crippen molar-refractivity contribution in [3.8, 4) is 22.5 Å². The van der Waals surface area contributed by atoms with E-state index in [1.807, 2.05) is 4.90 Å². The number of rotatable bonds is 7. The molecule has 0 aliphatic carbocycles. The van der Waals surface area contributed by atoms with E-state index in [-0.39, 0.29) is 16.4 Å². The first-order valence-electron chi connectivity index (χ1n) is 15.1. The minimum atomic E-state index is -3.50. The van der Waals surface area contributed by atoms with Crippen LogP contribution in [0.25, 0.3) is 33.4 Å². The molecule has 0 bridgehead atoms. The summed E-state index contributed by atoms with van der Waals surface area (Å²) in [7, 11) is -0.154. The Morgan fingerprint density at radius 3 is 2.12 bits per heavy atom. The summed E-state index contributed by atoms with van der Waals surface area (Å²) >= 11 is 0. The van der Waals surface area contributed by atoms with Gasteiger partial charge in [-0.25, -0.2) is 27.6 Å². The van der Waals surface area contributed by atoms with E-state index >= 15 is 4.39 Å². The smallest absolute Gasteiger partial charge is 0.323 e. The molecule has 5 aromatic rings. The lowest BCUT2D eigenvalue weighted by atomic mass is 10.0. The van der Waals surface area contributed by atoms with Crippen molar-refractivity contribution in [2.75, 3.05) is 62.2 Å². The van der Waals surface area contributed by atoms with Crippen molar-refractivity contribution in [1.82, 2.24) is 14.9 Å². The molecule has 11 nitrogen and oxygen atoms in total. The average Bonchev–Trinajstić information content (AvgIpc) is 3.08. The number of hydrogen-bond acceptors (Lipinski definition) is 8. The Morgan fingerprint density at radius 1 is 0.854 bits per heavy atom. The fourth-order valence-electron chi connectivity index (χ4n) is 5.34. The highest BCUT2D eigenvalue weighted by atomic mass is 32.2. The van der Waals surface area contributed by atoms with Crippen LogP contribution in [0.15, 0.2) is 89.8 Å². The molecular weight excluding hydrogens is 635 g/mol. The summed E-state index contributed by atoms with van der Waals surface area (Å²) < 4.78 is 45.6. The Morgan fingerprint density at radius 2 is 1.50 bits per heavy atom. The van der Waals surface area contributed by atoms with Crippen molar-refractivity contribution in [2.24, 2.45) is 0 Å². The van der Waals surface area contributed by atoms with Crippen molar-refractivity contribution in [1.29, 1.82) is 0 Å². The molecule has 246 valence electrons. The average molecular weight is 669 g/mol. The molecule has 6 rings (SSSR count). The highest BCUT2D eigenvalue weighted by Gasteiger charge is 2.21. The van der Waals surface area contributed by atoms with Crippen LogP contribution < -0.4 is 15.5 Å². The molecule has 0 saturated carbocycles. The molecule has 1 fully saturated rings. The largest absolute Gasteiger partial charge is 0.378 e. The fraction of sp³-hybridized carbons (Fsp3) is 0.200. The Bertz CT molecular complexity index is 2120. The van der Waals surface area contributed by atoms with E-state index in [1.54, 1.807) is 80.8 Å². The Kier molecular flexibility index (Phi) is 9.07. The van der Waals surface area contributed by atoms with E-state index in [2.05, 4.69) is 10.6 Å². The molecule has 0 unspecified atom stereocenters. The predicted octanol–water partition coefficient (Wildman–Crippen LogP) is 5.69. The third-order valence-electron chi connectivity index (χ3n) is 7.85. The minimum absolute atomic E-state index is 0.0914. The standard InChI is InChI=1S/C35H33FN6O5S/c1-41(2)34(43)23-9-13-26(14-10-23)38-35(44)37-25-11-7-22(8-12-25)32-39-31-21-28(24-5-4-6-27(19-24)48(3,45)46)30(36)20-29(31)33(40-32)42-15-17-47-18-16-42/h4-14,19-21H,15-18H2,1-3H3,(H2,37,38,44). The first-order valence-corrected chi connectivity index (χ1v) is 17.0. The number of carbonyl (C=O) groups is 2. The van der Waals surface area contributed by atoms with Crippen LogP contribution in [-0.4, -0.2) is 81.9 Å². The Labute approximate surface area is 277 Å². The number of hydrogen-bond donors (Lipinski definition) is 2. The Balaban J connectivity index is 1.29. The lowest BCUT2D eigenvalue weighted by Gasteiger charge is -2.29. The molecule has 1 aromatic heterocycles. The second-order valence-electron chi connectivity index (χ2n) is 11.6. The number of nitrogens with zero attached hydrogens (tertiary/aromatic N) is 4. The zero-order valence-electron chi connectivity index (χ0n) is 26.5. The van der Waals surface area contributed by atoms with Crippen molar-refractivity contribution >= 4 is 49.9 Å². The zero-order chi connectivity index (χ0) is 34.0. The molecule has 1 saturated heterocycles. The van der Waals surface area contributed by atoms with Gasteiger partial charge in [-0.05, 0) is 78.4 Å². The van der Waals surface area contributed by atoms with Crippen LogP contribution in [-0.2, 0) is 14.6 Å². The third kappa shape index (κ3) is 7.11. The normalized spacial score (nSPS) is 13.3. The van der Waals surface area contributed by atoms with E-state index in [0.717, 1.165) is 6.26 Å². The zero-order valence-corrected chi connectivity index (χ0v) is 27.3. The van der Waals surface area contributed by atoms with Gasteiger partial charge in [-0.15, -0.1) is 0 Å². The number of sulfone groups is 1. The topological polar surface area (TPSA) is 134 Å². The number of amides is 3. The predicted molar refractivity (Wildman–Crippen MR) is 184 cm³/mol. The second kappa shape index (κ2) is 13.4. The number of anilines is 3. The van der Waals surface area contributed by atoms with Gasteiger partial charge >= 0.3 is 6.03 Å². The second-order valence-corrected chi connectivity index (χ2v) is 13.6. The number of aromatic nitrogens is 2. The van der Waals surface area contributed by atoms with Crippen molar-refractivity contribution in [3.63, 3.8) is 0 Å². The van der Waals surface area contributed by atoms with Gasteiger partial charge in [0.15, 0.2) is 15.7 Å². The van der Waals surface area contributed by atoms with E-state index in [4.69, 9.17) is 14.7 Å². The molecule has 1 aliphatic heterocycles. The van der Waals surface area contributed by atoms with Gasteiger partial charge in [0, 0.05) is 66.9 Å². The maximum Gasteiger partial charge on any atom is 0.323 e. The molecule has 3 amide bonds. The maximum absolute atomic E-state index is 15.7. The van der Waals surface area contributed by atoms with Gasteiger partial charge < -0.3 is 25.2 Å². The summed E-state index contributed by atoms with van der Waals surface area (Å²) in [5.74, 6) is 0.305. The quantitative estimate of drug-likeness (QED) is 0.226. The molecule has 4 aromatic carbocycles. The fourth-order valence-corrected chi connectivity index (χ4v) is 6.01. The van der Waals surface area contributed by atoms with Crippen molar-refractivity contribution in [2.45, 2.75) is 4.90 Å². The summed E-state index contributed by atoms with van der Waals surface area (Å²) in [6.07, 6.45) is 1.11. The van der Waals surface area contributed by atoms with Gasteiger partial charge in [-0.2, -0.15) is 0 Å². The lowest BCUT2D eigenvalue weighted by molar-refractivity contribution is 0.0827. The van der Waals surface area contributed by atoms with Crippen LogP contribution in [0, 0.1) is 5.82 Å². The summed E-state index contributed by atoms with van der Waals surface area (Å²) in [5, 5.41) is 6.07. The van der Waals surface area contributed by atoms with Gasteiger partial charge in [-0.3, -0.25) is 4.79 Å². The van der Waals surface area contributed by atoms with Gasteiger partial charge in [0.25, 0.3) is 5.91 Å². The molecule has 0 spiro atoms. The summed E-state index contributed by atoms with van der Waals surface area (Å²) in [5.41, 5.74) is 3.35. The number of morpholine rings is 1.